The summed E-state index contributed by atoms with van der Waals surface area (Å²) in [6.07, 6.45) is 5.24. The highest BCUT2D eigenvalue weighted by Gasteiger charge is 2.25. The molecule has 1 aliphatic heterocycles. The number of nitrogens with one attached hydrogen (secondary N) is 2. The third-order valence-electron chi connectivity index (χ3n) is 3.72. The smallest absolute Gasteiger partial charge is 0.239 e. The van der Waals surface area contributed by atoms with Crippen molar-refractivity contribution < 1.29 is 4.79 Å². The van der Waals surface area contributed by atoms with Crippen LogP contribution in [0.25, 0.3) is 0 Å². The molecule has 2 aromatic rings. The molecule has 1 atom stereocenters. The maximum Gasteiger partial charge on any atom is 0.239 e. The molecule has 0 radical (unpaired) electrons. The first-order valence-corrected chi connectivity index (χ1v) is 7.38. The molecule has 0 spiro atoms. The fraction of sp³-hybridized carbons (Fsp3) is 0.312. The molecule has 2 N–H and O–H groups in total. The van der Waals surface area contributed by atoms with E-state index >= 15 is 0 Å². The van der Waals surface area contributed by atoms with Gasteiger partial charge in [-0.3, -0.25) is 14.7 Å². The first-order chi connectivity index (χ1) is 10.8. The fourth-order valence-corrected chi connectivity index (χ4v) is 2.65. The molecule has 2 aromatic heterocycles. The minimum atomic E-state index is -0.0420. The summed E-state index contributed by atoms with van der Waals surface area (Å²) in [6.45, 7) is 2.91. The van der Waals surface area contributed by atoms with E-state index in [2.05, 4.69) is 25.5 Å². The maximum absolute atomic E-state index is 12.2. The van der Waals surface area contributed by atoms with Gasteiger partial charge in [0, 0.05) is 44.3 Å². The van der Waals surface area contributed by atoms with Crippen LogP contribution in [0.1, 0.15) is 11.6 Å². The minimum absolute atomic E-state index is 0.0420. The Morgan fingerprint density at radius 1 is 1.27 bits per heavy atom. The van der Waals surface area contributed by atoms with Gasteiger partial charge in [-0.05, 0) is 29.8 Å². The van der Waals surface area contributed by atoms with Crippen molar-refractivity contribution in [3.05, 3.63) is 54.5 Å². The quantitative estimate of drug-likeness (QED) is 0.883. The first kappa shape index (κ1) is 14.6. The minimum Gasteiger partial charge on any atom is -0.314 e. The average molecular weight is 297 g/mol. The number of nitrogens with zero attached hydrogens (tertiary/aromatic N) is 3. The summed E-state index contributed by atoms with van der Waals surface area (Å²) >= 11 is 0. The molecule has 6 heteroatoms. The Bertz CT molecular complexity index is 604. The molecule has 114 valence electrons. The molecule has 22 heavy (non-hydrogen) atoms. The van der Waals surface area contributed by atoms with Crippen molar-refractivity contribution in [2.75, 3.05) is 31.5 Å². The van der Waals surface area contributed by atoms with Crippen LogP contribution in [0.2, 0.25) is 0 Å². The van der Waals surface area contributed by atoms with Gasteiger partial charge < -0.3 is 10.6 Å². The molecule has 1 fully saturated rings. The standard InChI is InChI=1S/C16H19N5O/c22-16(20-15-3-1-2-6-19-15)12-21-10-9-18-11-14(21)13-4-7-17-8-5-13/h1-8,14,18H,9-12H2,(H,19,20,22). The van der Waals surface area contributed by atoms with E-state index in [0.717, 1.165) is 19.6 Å². The van der Waals surface area contributed by atoms with Gasteiger partial charge in [0.15, 0.2) is 0 Å². The average Bonchev–Trinajstić information content (AvgIpc) is 2.57. The van der Waals surface area contributed by atoms with E-state index in [1.807, 2.05) is 24.3 Å². The molecule has 0 bridgehead atoms. The van der Waals surface area contributed by atoms with E-state index in [9.17, 15) is 4.79 Å². The Morgan fingerprint density at radius 2 is 2.14 bits per heavy atom. The normalized spacial score (nSPS) is 18.8. The lowest BCUT2D eigenvalue weighted by atomic mass is 10.0. The Morgan fingerprint density at radius 3 is 2.91 bits per heavy atom. The van der Waals surface area contributed by atoms with Gasteiger partial charge in [0.2, 0.25) is 5.91 Å². The lowest BCUT2D eigenvalue weighted by Gasteiger charge is -2.35. The number of amides is 1. The summed E-state index contributed by atoms with van der Waals surface area (Å²) in [6, 6.07) is 9.66. The SMILES string of the molecule is O=C(CN1CCNCC1c1ccncc1)Nc1ccccn1. The summed E-state index contributed by atoms with van der Waals surface area (Å²) in [5.41, 5.74) is 1.17. The monoisotopic (exact) mass is 297 g/mol. The number of piperazine rings is 1. The second kappa shape index (κ2) is 7.11. The van der Waals surface area contributed by atoms with Crippen LogP contribution in [0.5, 0.6) is 0 Å². The predicted octanol–water partition coefficient (Wildman–Crippen LogP) is 1.06. The maximum atomic E-state index is 12.2. The topological polar surface area (TPSA) is 70.2 Å². The highest BCUT2D eigenvalue weighted by Crippen LogP contribution is 2.21. The second-order valence-electron chi connectivity index (χ2n) is 5.23. The molecule has 1 saturated heterocycles. The highest BCUT2D eigenvalue weighted by atomic mass is 16.2. The molecule has 3 heterocycles. The van der Waals surface area contributed by atoms with Gasteiger partial charge in [0.05, 0.1) is 6.54 Å². The summed E-state index contributed by atoms with van der Waals surface area (Å²) < 4.78 is 0. The van der Waals surface area contributed by atoms with E-state index in [1.165, 1.54) is 5.56 Å². The van der Waals surface area contributed by atoms with Crippen LogP contribution < -0.4 is 10.6 Å². The van der Waals surface area contributed by atoms with Gasteiger partial charge in [-0.2, -0.15) is 0 Å². The molecule has 6 nitrogen and oxygen atoms in total. The van der Waals surface area contributed by atoms with Crippen LogP contribution in [-0.4, -0.2) is 47.0 Å². The van der Waals surface area contributed by atoms with Gasteiger partial charge in [-0.25, -0.2) is 4.98 Å². The third-order valence-corrected chi connectivity index (χ3v) is 3.72. The van der Waals surface area contributed by atoms with Crippen LogP contribution in [0.15, 0.2) is 48.9 Å². The molecule has 1 amide bonds. The second-order valence-corrected chi connectivity index (χ2v) is 5.23. The van der Waals surface area contributed by atoms with E-state index in [4.69, 9.17) is 0 Å². The molecule has 0 saturated carbocycles. The van der Waals surface area contributed by atoms with Gasteiger partial charge in [0.25, 0.3) is 0 Å². The highest BCUT2D eigenvalue weighted by molar-refractivity contribution is 5.91. The molecule has 3 rings (SSSR count). The zero-order valence-electron chi connectivity index (χ0n) is 12.3. The van der Waals surface area contributed by atoms with Crippen molar-refractivity contribution >= 4 is 11.7 Å². The van der Waals surface area contributed by atoms with Crippen molar-refractivity contribution in [2.24, 2.45) is 0 Å². The number of carbonyl (C=O) groups is 1. The Balaban J connectivity index is 1.65. The van der Waals surface area contributed by atoms with Gasteiger partial charge in [-0.15, -0.1) is 0 Å². The third kappa shape index (κ3) is 3.66. The van der Waals surface area contributed by atoms with Crippen LogP contribution in [0.4, 0.5) is 5.82 Å². The number of hydrogen-bond acceptors (Lipinski definition) is 5. The number of carbonyl (C=O) groups excluding carboxylic acids is 1. The van der Waals surface area contributed by atoms with Crippen molar-refractivity contribution in [2.45, 2.75) is 6.04 Å². The predicted molar refractivity (Wildman–Crippen MR) is 84.3 cm³/mol. The first-order valence-electron chi connectivity index (χ1n) is 7.38. The Hall–Kier alpha value is -2.31. The van der Waals surface area contributed by atoms with Crippen LogP contribution in [-0.2, 0) is 4.79 Å². The number of hydrogen-bond donors (Lipinski definition) is 2. The molecule has 0 aliphatic carbocycles. The fourth-order valence-electron chi connectivity index (χ4n) is 2.65. The van der Waals surface area contributed by atoms with Gasteiger partial charge in [0.1, 0.15) is 5.82 Å². The Labute approximate surface area is 129 Å². The molecular formula is C16H19N5O. The van der Waals surface area contributed by atoms with Gasteiger partial charge in [-0.1, -0.05) is 6.07 Å². The van der Waals surface area contributed by atoms with Gasteiger partial charge >= 0.3 is 0 Å². The number of pyridine rings is 2. The van der Waals surface area contributed by atoms with Crippen molar-refractivity contribution in [1.29, 1.82) is 0 Å². The zero-order chi connectivity index (χ0) is 15.2. The van der Waals surface area contributed by atoms with Crippen LogP contribution >= 0.6 is 0 Å². The molecular weight excluding hydrogens is 278 g/mol. The van der Waals surface area contributed by atoms with Crippen LogP contribution in [0, 0.1) is 0 Å². The van der Waals surface area contributed by atoms with Crippen LogP contribution in [0.3, 0.4) is 0 Å². The van der Waals surface area contributed by atoms with Crippen molar-refractivity contribution in [1.82, 2.24) is 20.2 Å². The Kier molecular flexibility index (Phi) is 4.72. The summed E-state index contributed by atoms with van der Waals surface area (Å²) in [5.74, 6) is 0.544. The lowest BCUT2D eigenvalue weighted by molar-refractivity contribution is -0.118. The zero-order valence-corrected chi connectivity index (χ0v) is 12.3. The number of anilines is 1. The summed E-state index contributed by atoms with van der Waals surface area (Å²) in [5, 5.41) is 6.22. The number of rotatable bonds is 4. The van der Waals surface area contributed by atoms with Crippen molar-refractivity contribution in [3.8, 4) is 0 Å². The molecule has 0 aromatic carbocycles. The molecule has 1 aliphatic rings. The summed E-state index contributed by atoms with van der Waals surface area (Å²) in [7, 11) is 0. The van der Waals surface area contributed by atoms with E-state index in [-0.39, 0.29) is 11.9 Å². The van der Waals surface area contributed by atoms with Crippen molar-refractivity contribution in [3.63, 3.8) is 0 Å². The summed E-state index contributed by atoms with van der Waals surface area (Å²) in [4.78, 5) is 22.6. The molecule has 1 unspecified atom stereocenters. The van der Waals surface area contributed by atoms with E-state index in [1.54, 1.807) is 24.7 Å². The number of aromatic nitrogens is 2. The van der Waals surface area contributed by atoms with E-state index < -0.39 is 0 Å². The van der Waals surface area contributed by atoms with E-state index in [0.29, 0.717) is 12.4 Å². The lowest BCUT2D eigenvalue weighted by Crippen LogP contribution is -2.48. The largest absolute Gasteiger partial charge is 0.314 e.